The third kappa shape index (κ3) is 3.35. The number of rotatable bonds is 5. The van der Waals surface area contributed by atoms with E-state index in [1.54, 1.807) is 12.1 Å². The summed E-state index contributed by atoms with van der Waals surface area (Å²) in [6, 6.07) is 6.99. The van der Waals surface area contributed by atoms with Gasteiger partial charge < -0.3 is 5.11 Å². The largest absolute Gasteiger partial charge is 0.392 e. The van der Waals surface area contributed by atoms with Gasteiger partial charge in [0.2, 0.25) is 0 Å². The fraction of sp³-hybridized carbons (Fsp3) is 0.600. The van der Waals surface area contributed by atoms with Gasteiger partial charge in [-0.05, 0) is 25.8 Å². The van der Waals surface area contributed by atoms with Crippen LogP contribution in [0.1, 0.15) is 38.2 Å². The number of aliphatic hydroxyl groups excluding tert-OH is 1. The number of nitro benzene ring substituents is 1. The summed E-state index contributed by atoms with van der Waals surface area (Å²) in [6.07, 6.45) is 3.55. The lowest BCUT2D eigenvalue weighted by atomic mass is 9.95. The highest BCUT2D eigenvalue weighted by Crippen LogP contribution is 2.26. The van der Waals surface area contributed by atoms with E-state index in [1.807, 2.05) is 19.1 Å². The minimum absolute atomic E-state index is 0.119. The molecular formula is C15H22N2O3. The smallest absolute Gasteiger partial charge is 0.273 e. The number of hydrogen-bond acceptors (Lipinski definition) is 4. The summed E-state index contributed by atoms with van der Waals surface area (Å²) in [6.45, 7) is 3.41. The first-order valence-corrected chi connectivity index (χ1v) is 7.28. The number of benzene rings is 1. The molecule has 1 fully saturated rings. The maximum absolute atomic E-state index is 11.1. The first-order valence-electron chi connectivity index (χ1n) is 7.28. The molecule has 0 amide bonds. The van der Waals surface area contributed by atoms with E-state index in [2.05, 4.69) is 4.90 Å². The molecule has 1 aliphatic heterocycles. The molecule has 20 heavy (non-hydrogen) atoms. The number of nitrogens with zero attached hydrogens (tertiary/aromatic N) is 2. The van der Waals surface area contributed by atoms with Gasteiger partial charge in [-0.2, -0.15) is 0 Å². The predicted octanol–water partition coefficient (Wildman–Crippen LogP) is 2.72. The zero-order valence-corrected chi connectivity index (χ0v) is 11.9. The molecule has 5 nitrogen and oxygen atoms in total. The van der Waals surface area contributed by atoms with Crippen molar-refractivity contribution in [1.29, 1.82) is 0 Å². The average molecular weight is 278 g/mol. The minimum atomic E-state index is -0.349. The maximum atomic E-state index is 11.1. The highest BCUT2D eigenvalue weighted by molar-refractivity contribution is 5.39. The van der Waals surface area contributed by atoms with E-state index in [0.717, 1.165) is 37.8 Å². The molecule has 0 aliphatic carbocycles. The van der Waals surface area contributed by atoms with Crippen LogP contribution in [0.5, 0.6) is 0 Å². The number of aliphatic hydroxyl groups is 1. The molecule has 1 aromatic carbocycles. The Bertz CT molecular complexity index is 464. The van der Waals surface area contributed by atoms with Crippen LogP contribution < -0.4 is 0 Å². The first kappa shape index (κ1) is 14.9. The lowest BCUT2D eigenvalue weighted by Crippen LogP contribution is -2.46. The van der Waals surface area contributed by atoms with Gasteiger partial charge in [0.25, 0.3) is 5.69 Å². The van der Waals surface area contributed by atoms with Crippen molar-refractivity contribution < 1.29 is 10.0 Å². The summed E-state index contributed by atoms with van der Waals surface area (Å²) in [5.41, 5.74) is 0.899. The van der Waals surface area contributed by atoms with Crippen LogP contribution in [-0.2, 0) is 6.54 Å². The van der Waals surface area contributed by atoms with Gasteiger partial charge in [0.05, 0.1) is 11.0 Å². The van der Waals surface area contributed by atoms with Crippen LogP contribution in [-0.4, -0.2) is 33.6 Å². The van der Waals surface area contributed by atoms with Crippen LogP contribution in [0.3, 0.4) is 0 Å². The molecule has 2 atom stereocenters. The van der Waals surface area contributed by atoms with Crippen molar-refractivity contribution in [2.45, 2.75) is 51.3 Å². The van der Waals surface area contributed by atoms with Crippen molar-refractivity contribution in [2.24, 2.45) is 0 Å². The summed E-state index contributed by atoms with van der Waals surface area (Å²) in [4.78, 5) is 12.9. The predicted molar refractivity (Wildman–Crippen MR) is 77.4 cm³/mol. The molecule has 1 N–H and O–H groups in total. The Kier molecular flexibility index (Phi) is 5.09. The molecule has 0 aromatic heterocycles. The molecule has 0 radical (unpaired) electrons. The molecular weight excluding hydrogens is 256 g/mol. The van der Waals surface area contributed by atoms with Gasteiger partial charge in [-0.3, -0.25) is 15.0 Å². The molecule has 0 saturated carbocycles. The van der Waals surface area contributed by atoms with Gasteiger partial charge in [0.1, 0.15) is 0 Å². The summed E-state index contributed by atoms with van der Waals surface area (Å²) in [5.74, 6) is 0. The number of hydrogen-bond donors (Lipinski definition) is 1. The second kappa shape index (κ2) is 6.81. The standard InChI is InChI=1S/C15H22N2O3/c1-2-15(18)14-9-5-6-10-16(14)11-12-7-3-4-8-13(12)17(19)20/h3-4,7-8,14-15,18H,2,5-6,9-11H2,1H3. The second-order valence-corrected chi connectivity index (χ2v) is 5.40. The lowest BCUT2D eigenvalue weighted by molar-refractivity contribution is -0.385. The summed E-state index contributed by atoms with van der Waals surface area (Å²) in [7, 11) is 0. The van der Waals surface area contributed by atoms with E-state index in [1.165, 1.54) is 0 Å². The molecule has 2 unspecified atom stereocenters. The molecule has 1 aromatic rings. The minimum Gasteiger partial charge on any atom is -0.392 e. The fourth-order valence-corrected chi connectivity index (χ4v) is 2.96. The molecule has 5 heteroatoms. The van der Waals surface area contributed by atoms with Crippen molar-refractivity contribution in [3.63, 3.8) is 0 Å². The average Bonchev–Trinajstić information content (AvgIpc) is 2.47. The Morgan fingerprint density at radius 2 is 2.20 bits per heavy atom. The Morgan fingerprint density at radius 1 is 1.45 bits per heavy atom. The monoisotopic (exact) mass is 278 g/mol. The lowest BCUT2D eigenvalue weighted by Gasteiger charge is -2.38. The van der Waals surface area contributed by atoms with E-state index in [-0.39, 0.29) is 22.8 Å². The van der Waals surface area contributed by atoms with Crippen LogP contribution in [0.15, 0.2) is 24.3 Å². The van der Waals surface area contributed by atoms with Gasteiger partial charge in [-0.1, -0.05) is 31.5 Å². The van der Waals surface area contributed by atoms with Crippen molar-refractivity contribution in [3.05, 3.63) is 39.9 Å². The van der Waals surface area contributed by atoms with Crippen LogP contribution in [0.2, 0.25) is 0 Å². The quantitative estimate of drug-likeness (QED) is 0.664. The zero-order valence-electron chi connectivity index (χ0n) is 11.9. The third-order valence-electron chi connectivity index (χ3n) is 4.09. The van der Waals surface area contributed by atoms with Crippen molar-refractivity contribution >= 4 is 5.69 Å². The molecule has 110 valence electrons. The SMILES string of the molecule is CCC(O)C1CCCCN1Cc1ccccc1[N+](=O)[O-]. The third-order valence-corrected chi connectivity index (χ3v) is 4.09. The Hall–Kier alpha value is -1.46. The first-order chi connectivity index (χ1) is 9.63. The molecule has 0 spiro atoms. The van der Waals surface area contributed by atoms with E-state index in [4.69, 9.17) is 0 Å². The van der Waals surface area contributed by atoms with Crippen LogP contribution in [0.25, 0.3) is 0 Å². The van der Waals surface area contributed by atoms with Crippen molar-refractivity contribution in [1.82, 2.24) is 4.90 Å². The number of piperidine rings is 1. The van der Waals surface area contributed by atoms with Crippen LogP contribution in [0.4, 0.5) is 5.69 Å². The van der Waals surface area contributed by atoms with Gasteiger partial charge >= 0.3 is 0 Å². The normalized spacial score (nSPS) is 21.6. The van der Waals surface area contributed by atoms with E-state index in [0.29, 0.717) is 6.54 Å². The molecule has 0 bridgehead atoms. The number of likely N-dealkylation sites (tertiary alicyclic amines) is 1. The summed E-state index contributed by atoms with van der Waals surface area (Å²) >= 11 is 0. The van der Waals surface area contributed by atoms with Gasteiger partial charge in [-0.15, -0.1) is 0 Å². The number of para-hydroxylation sites is 1. The molecule has 1 saturated heterocycles. The van der Waals surface area contributed by atoms with Crippen molar-refractivity contribution in [3.8, 4) is 0 Å². The zero-order chi connectivity index (χ0) is 14.5. The molecule has 2 rings (SSSR count). The molecule has 1 heterocycles. The van der Waals surface area contributed by atoms with E-state index >= 15 is 0 Å². The number of nitro groups is 1. The Labute approximate surface area is 119 Å². The highest BCUT2D eigenvalue weighted by Gasteiger charge is 2.29. The Morgan fingerprint density at radius 3 is 2.90 bits per heavy atom. The van der Waals surface area contributed by atoms with Crippen LogP contribution in [0, 0.1) is 10.1 Å². The van der Waals surface area contributed by atoms with Gasteiger partial charge in [0.15, 0.2) is 0 Å². The maximum Gasteiger partial charge on any atom is 0.273 e. The topological polar surface area (TPSA) is 66.6 Å². The van der Waals surface area contributed by atoms with E-state index in [9.17, 15) is 15.2 Å². The summed E-state index contributed by atoms with van der Waals surface area (Å²) < 4.78 is 0. The fourth-order valence-electron chi connectivity index (χ4n) is 2.96. The van der Waals surface area contributed by atoms with Crippen LogP contribution >= 0.6 is 0 Å². The van der Waals surface area contributed by atoms with Gasteiger partial charge in [-0.25, -0.2) is 0 Å². The highest BCUT2D eigenvalue weighted by atomic mass is 16.6. The molecule has 1 aliphatic rings. The van der Waals surface area contributed by atoms with Crippen molar-refractivity contribution in [2.75, 3.05) is 6.54 Å². The Balaban J connectivity index is 2.17. The summed E-state index contributed by atoms with van der Waals surface area (Å²) in [5, 5.41) is 21.2. The second-order valence-electron chi connectivity index (χ2n) is 5.40. The van der Waals surface area contributed by atoms with Gasteiger partial charge in [0, 0.05) is 24.2 Å². The van der Waals surface area contributed by atoms with E-state index < -0.39 is 0 Å².